The van der Waals surface area contributed by atoms with Gasteiger partial charge in [-0.1, -0.05) is 6.42 Å². The summed E-state index contributed by atoms with van der Waals surface area (Å²) in [4.78, 5) is 29.7. The molecule has 4 heterocycles. The van der Waals surface area contributed by atoms with Gasteiger partial charge in [-0.05, 0) is 37.1 Å². The molecule has 0 spiro atoms. The number of hydrogen-bond donors (Lipinski definition) is 0. The Morgan fingerprint density at radius 1 is 1.23 bits per heavy atom. The lowest BCUT2D eigenvalue weighted by Crippen LogP contribution is -2.36. The molecule has 136 valence electrons. The van der Waals surface area contributed by atoms with E-state index in [4.69, 9.17) is 9.97 Å². The maximum absolute atomic E-state index is 11.6. The molecule has 4 rings (SSSR count). The highest BCUT2D eigenvalue weighted by atomic mass is 16.2. The highest BCUT2D eigenvalue weighted by Crippen LogP contribution is 2.31. The molecule has 2 aliphatic rings. The summed E-state index contributed by atoms with van der Waals surface area (Å²) in [7, 11) is 0. The molecule has 6 nitrogen and oxygen atoms in total. The van der Waals surface area contributed by atoms with Gasteiger partial charge in [0, 0.05) is 57.1 Å². The summed E-state index contributed by atoms with van der Waals surface area (Å²) in [5.74, 6) is 1.06. The zero-order chi connectivity index (χ0) is 17.9. The van der Waals surface area contributed by atoms with Gasteiger partial charge >= 0.3 is 0 Å². The molecule has 0 saturated carbocycles. The molecule has 0 aromatic carbocycles. The van der Waals surface area contributed by atoms with E-state index in [-0.39, 0.29) is 11.9 Å². The summed E-state index contributed by atoms with van der Waals surface area (Å²) < 4.78 is 0. The summed E-state index contributed by atoms with van der Waals surface area (Å²) >= 11 is 0. The maximum atomic E-state index is 11.6. The molecule has 0 aliphatic carbocycles. The van der Waals surface area contributed by atoms with E-state index in [9.17, 15) is 4.79 Å². The molecular formula is C20H25N5O. The maximum Gasteiger partial charge on any atom is 0.219 e. The van der Waals surface area contributed by atoms with Crippen molar-refractivity contribution in [3.05, 3.63) is 53.4 Å². The fourth-order valence-electron chi connectivity index (χ4n) is 3.96. The summed E-state index contributed by atoms with van der Waals surface area (Å²) in [6.45, 7) is 5.00. The average molecular weight is 351 g/mol. The van der Waals surface area contributed by atoms with Crippen LogP contribution in [0.1, 0.15) is 54.9 Å². The standard InChI is InChI=1S/C20H25N5O/c1-15(26)24-11-7-18-17(14-24)12-22-20(23-18)19-4-2-3-10-25(19)13-16-5-8-21-9-6-16/h5-6,8-9,12,19H,2-4,7,10-11,13-14H2,1H3/t19-/m0/s1. The molecule has 2 aliphatic heterocycles. The summed E-state index contributed by atoms with van der Waals surface area (Å²) in [6.07, 6.45) is 10.0. The van der Waals surface area contributed by atoms with Crippen molar-refractivity contribution in [3.63, 3.8) is 0 Å². The van der Waals surface area contributed by atoms with E-state index >= 15 is 0 Å². The van der Waals surface area contributed by atoms with Crippen molar-refractivity contribution in [2.24, 2.45) is 0 Å². The first-order valence-electron chi connectivity index (χ1n) is 9.44. The van der Waals surface area contributed by atoms with Gasteiger partial charge in [-0.2, -0.15) is 0 Å². The van der Waals surface area contributed by atoms with Crippen LogP contribution in [-0.4, -0.2) is 43.7 Å². The third kappa shape index (κ3) is 3.60. The summed E-state index contributed by atoms with van der Waals surface area (Å²) in [5.41, 5.74) is 3.48. The van der Waals surface area contributed by atoms with Gasteiger partial charge in [-0.3, -0.25) is 14.7 Å². The Morgan fingerprint density at radius 2 is 2.08 bits per heavy atom. The van der Waals surface area contributed by atoms with E-state index in [1.54, 1.807) is 6.92 Å². The Labute approximate surface area is 154 Å². The number of amides is 1. The second-order valence-electron chi connectivity index (χ2n) is 7.23. The third-order valence-corrected chi connectivity index (χ3v) is 5.44. The van der Waals surface area contributed by atoms with Crippen LogP contribution in [0.25, 0.3) is 0 Å². The van der Waals surface area contributed by atoms with Crippen molar-refractivity contribution in [3.8, 4) is 0 Å². The van der Waals surface area contributed by atoms with Crippen LogP contribution in [0.5, 0.6) is 0 Å². The fourth-order valence-corrected chi connectivity index (χ4v) is 3.96. The first-order valence-corrected chi connectivity index (χ1v) is 9.44. The van der Waals surface area contributed by atoms with Gasteiger partial charge in [0.15, 0.2) is 0 Å². The molecule has 1 amide bonds. The van der Waals surface area contributed by atoms with Crippen LogP contribution >= 0.6 is 0 Å². The van der Waals surface area contributed by atoms with Crippen LogP contribution < -0.4 is 0 Å². The van der Waals surface area contributed by atoms with Crippen molar-refractivity contribution in [2.75, 3.05) is 13.1 Å². The lowest BCUT2D eigenvalue weighted by Gasteiger charge is -2.35. The number of nitrogens with zero attached hydrogens (tertiary/aromatic N) is 5. The minimum atomic E-state index is 0.121. The number of piperidine rings is 1. The number of aromatic nitrogens is 3. The summed E-state index contributed by atoms with van der Waals surface area (Å²) in [6, 6.07) is 4.43. The molecule has 0 unspecified atom stereocenters. The third-order valence-electron chi connectivity index (χ3n) is 5.44. The van der Waals surface area contributed by atoms with Gasteiger partial charge in [0.05, 0.1) is 11.7 Å². The molecule has 0 N–H and O–H groups in total. The molecule has 2 aromatic heterocycles. The van der Waals surface area contributed by atoms with Crippen LogP contribution in [-0.2, 0) is 24.3 Å². The predicted molar refractivity (Wildman–Crippen MR) is 98.1 cm³/mol. The average Bonchev–Trinajstić information content (AvgIpc) is 2.68. The molecule has 1 saturated heterocycles. The second-order valence-corrected chi connectivity index (χ2v) is 7.23. The number of carbonyl (C=O) groups is 1. The number of likely N-dealkylation sites (tertiary alicyclic amines) is 1. The van der Waals surface area contributed by atoms with Crippen LogP contribution in [0.2, 0.25) is 0 Å². The monoisotopic (exact) mass is 351 g/mol. The largest absolute Gasteiger partial charge is 0.338 e. The molecular weight excluding hydrogens is 326 g/mol. The number of rotatable bonds is 3. The second kappa shape index (κ2) is 7.50. The van der Waals surface area contributed by atoms with E-state index in [2.05, 4.69) is 22.0 Å². The van der Waals surface area contributed by atoms with E-state index in [0.717, 1.165) is 49.6 Å². The highest BCUT2D eigenvalue weighted by Gasteiger charge is 2.28. The SMILES string of the molecule is CC(=O)N1CCc2nc([C@@H]3CCCCN3Cc3ccncc3)ncc2C1. The minimum Gasteiger partial charge on any atom is -0.338 e. The number of hydrogen-bond acceptors (Lipinski definition) is 5. The van der Waals surface area contributed by atoms with Crippen molar-refractivity contribution in [1.29, 1.82) is 0 Å². The molecule has 26 heavy (non-hydrogen) atoms. The lowest BCUT2D eigenvalue weighted by atomic mass is 9.99. The fraction of sp³-hybridized carbons (Fsp3) is 0.500. The van der Waals surface area contributed by atoms with E-state index in [0.29, 0.717) is 6.54 Å². The molecule has 2 aromatic rings. The van der Waals surface area contributed by atoms with E-state index < -0.39 is 0 Å². The van der Waals surface area contributed by atoms with Crippen molar-refractivity contribution >= 4 is 5.91 Å². The minimum absolute atomic E-state index is 0.121. The van der Waals surface area contributed by atoms with Crippen molar-refractivity contribution in [2.45, 2.75) is 51.7 Å². The molecule has 6 heteroatoms. The molecule has 0 radical (unpaired) electrons. The first-order chi connectivity index (χ1) is 12.7. The lowest BCUT2D eigenvalue weighted by molar-refractivity contribution is -0.129. The predicted octanol–water partition coefficient (Wildman–Crippen LogP) is 2.50. The normalized spacial score (nSPS) is 20.7. The van der Waals surface area contributed by atoms with Gasteiger partial charge in [0.25, 0.3) is 0 Å². The first kappa shape index (κ1) is 17.1. The van der Waals surface area contributed by atoms with E-state index in [1.165, 1.54) is 18.4 Å². The molecule has 1 atom stereocenters. The van der Waals surface area contributed by atoms with Crippen molar-refractivity contribution in [1.82, 2.24) is 24.8 Å². The zero-order valence-corrected chi connectivity index (χ0v) is 15.3. The van der Waals surface area contributed by atoms with Crippen molar-refractivity contribution < 1.29 is 4.79 Å². The Bertz CT molecular complexity index is 779. The van der Waals surface area contributed by atoms with Gasteiger partial charge in [0.1, 0.15) is 5.82 Å². The topological polar surface area (TPSA) is 62.2 Å². The van der Waals surface area contributed by atoms with Crippen LogP contribution in [0, 0.1) is 0 Å². The highest BCUT2D eigenvalue weighted by molar-refractivity contribution is 5.73. The smallest absolute Gasteiger partial charge is 0.219 e. The number of pyridine rings is 1. The Morgan fingerprint density at radius 3 is 2.88 bits per heavy atom. The van der Waals surface area contributed by atoms with Crippen LogP contribution in [0.3, 0.4) is 0 Å². The Hall–Kier alpha value is -2.34. The van der Waals surface area contributed by atoms with Gasteiger partial charge in [-0.25, -0.2) is 9.97 Å². The summed E-state index contributed by atoms with van der Waals surface area (Å²) in [5, 5.41) is 0. The quantitative estimate of drug-likeness (QED) is 0.850. The Balaban J connectivity index is 1.54. The van der Waals surface area contributed by atoms with Gasteiger partial charge in [-0.15, -0.1) is 0 Å². The molecule has 0 bridgehead atoms. The number of carbonyl (C=O) groups excluding carboxylic acids is 1. The van der Waals surface area contributed by atoms with Gasteiger partial charge in [0.2, 0.25) is 5.91 Å². The van der Waals surface area contributed by atoms with Crippen LogP contribution in [0.4, 0.5) is 0 Å². The molecule has 1 fully saturated rings. The van der Waals surface area contributed by atoms with Crippen LogP contribution in [0.15, 0.2) is 30.7 Å². The van der Waals surface area contributed by atoms with E-state index in [1.807, 2.05) is 23.5 Å². The number of fused-ring (bicyclic) bond motifs is 1. The Kier molecular flexibility index (Phi) is 4.93. The zero-order valence-electron chi connectivity index (χ0n) is 15.3. The van der Waals surface area contributed by atoms with Gasteiger partial charge < -0.3 is 4.90 Å².